The molecule has 2 N–H and O–H groups in total. The first-order chi connectivity index (χ1) is 8.74. The van der Waals surface area contributed by atoms with Crippen molar-refractivity contribution in [3.8, 4) is 0 Å². The van der Waals surface area contributed by atoms with Crippen LogP contribution in [0.4, 0.5) is 0 Å². The van der Waals surface area contributed by atoms with Gasteiger partial charge in [0.05, 0.1) is 5.01 Å². The lowest BCUT2D eigenvalue weighted by Gasteiger charge is -2.31. The quantitative estimate of drug-likeness (QED) is 0.906. The maximum atomic E-state index is 12.3. The molecule has 1 saturated heterocycles. The first-order valence-electron chi connectivity index (χ1n) is 6.68. The Balaban J connectivity index is 1.94. The van der Waals surface area contributed by atoms with Crippen LogP contribution in [0.5, 0.6) is 0 Å². The zero-order chi connectivity index (χ0) is 13.0. The minimum absolute atomic E-state index is 0.0871. The van der Waals surface area contributed by atoms with Gasteiger partial charge in [0.1, 0.15) is 5.69 Å². The van der Waals surface area contributed by atoms with Gasteiger partial charge >= 0.3 is 0 Å². The van der Waals surface area contributed by atoms with Crippen molar-refractivity contribution < 1.29 is 4.79 Å². The number of amides is 1. The van der Waals surface area contributed by atoms with E-state index in [9.17, 15) is 4.79 Å². The number of aromatic nitrogens is 1. The zero-order valence-electron chi connectivity index (χ0n) is 10.9. The van der Waals surface area contributed by atoms with E-state index in [2.05, 4.69) is 11.9 Å². The van der Waals surface area contributed by atoms with E-state index in [0.29, 0.717) is 12.2 Å². The van der Waals surface area contributed by atoms with Crippen molar-refractivity contribution in [2.45, 2.75) is 32.6 Å². The predicted molar refractivity (Wildman–Crippen MR) is 73.8 cm³/mol. The van der Waals surface area contributed by atoms with Crippen LogP contribution >= 0.6 is 11.3 Å². The minimum Gasteiger partial charge on any atom is -0.337 e. The van der Waals surface area contributed by atoms with Crippen molar-refractivity contribution in [3.63, 3.8) is 0 Å². The maximum Gasteiger partial charge on any atom is 0.273 e. The average molecular weight is 267 g/mol. The summed E-state index contributed by atoms with van der Waals surface area (Å²) in [4.78, 5) is 18.6. The van der Waals surface area contributed by atoms with Gasteiger partial charge in [-0.1, -0.05) is 13.3 Å². The van der Waals surface area contributed by atoms with Crippen LogP contribution in [0.25, 0.3) is 0 Å². The number of nitrogens with two attached hydrogens (primary N) is 1. The lowest BCUT2D eigenvalue weighted by molar-refractivity contribution is 0.0683. The van der Waals surface area contributed by atoms with Crippen molar-refractivity contribution in [1.82, 2.24) is 9.88 Å². The van der Waals surface area contributed by atoms with Crippen molar-refractivity contribution in [3.05, 3.63) is 16.1 Å². The third-order valence-electron chi connectivity index (χ3n) is 3.61. The largest absolute Gasteiger partial charge is 0.337 e. The first-order valence-corrected chi connectivity index (χ1v) is 7.56. The lowest BCUT2D eigenvalue weighted by atomic mass is 9.94. The van der Waals surface area contributed by atoms with Gasteiger partial charge in [-0.05, 0) is 25.3 Å². The van der Waals surface area contributed by atoms with Gasteiger partial charge in [-0.2, -0.15) is 0 Å². The number of piperidine rings is 1. The fourth-order valence-electron chi connectivity index (χ4n) is 2.35. The third-order valence-corrected chi connectivity index (χ3v) is 4.52. The Kier molecular flexibility index (Phi) is 4.72. The van der Waals surface area contributed by atoms with Crippen molar-refractivity contribution in [1.29, 1.82) is 0 Å². The highest BCUT2D eigenvalue weighted by Crippen LogP contribution is 2.21. The summed E-state index contributed by atoms with van der Waals surface area (Å²) in [5.41, 5.74) is 6.09. The fourth-order valence-corrected chi connectivity index (χ4v) is 3.14. The summed E-state index contributed by atoms with van der Waals surface area (Å²) in [6.45, 7) is 4.56. The molecule has 5 heteroatoms. The molecule has 0 unspecified atom stereocenters. The van der Waals surface area contributed by atoms with E-state index < -0.39 is 0 Å². The molecule has 18 heavy (non-hydrogen) atoms. The highest BCUT2D eigenvalue weighted by atomic mass is 32.1. The van der Waals surface area contributed by atoms with Crippen LogP contribution in [0.2, 0.25) is 0 Å². The smallest absolute Gasteiger partial charge is 0.273 e. The summed E-state index contributed by atoms with van der Waals surface area (Å²) in [7, 11) is 0. The van der Waals surface area contributed by atoms with Gasteiger partial charge in [0, 0.05) is 24.9 Å². The van der Waals surface area contributed by atoms with Crippen LogP contribution in [0.15, 0.2) is 5.38 Å². The molecular weight excluding hydrogens is 246 g/mol. The summed E-state index contributed by atoms with van der Waals surface area (Å²) < 4.78 is 0. The fraction of sp³-hybridized carbons (Fsp3) is 0.692. The van der Waals surface area contributed by atoms with Crippen LogP contribution < -0.4 is 5.73 Å². The summed E-state index contributed by atoms with van der Waals surface area (Å²) in [5.74, 6) is 0.876. The molecule has 1 aromatic rings. The molecule has 0 bridgehead atoms. The number of hydrogen-bond acceptors (Lipinski definition) is 4. The molecule has 0 saturated carbocycles. The lowest BCUT2D eigenvalue weighted by Crippen LogP contribution is -2.38. The van der Waals surface area contributed by atoms with E-state index in [4.69, 9.17) is 5.73 Å². The number of hydrogen-bond donors (Lipinski definition) is 1. The van der Waals surface area contributed by atoms with Crippen LogP contribution in [-0.2, 0) is 6.42 Å². The molecule has 0 aliphatic carbocycles. The molecule has 2 heterocycles. The number of carbonyl (C=O) groups is 1. The van der Waals surface area contributed by atoms with Gasteiger partial charge in [-0.3, -0.25) is 4.79 Å². The highest BCUT2D eigenvalue weighted by molar-refractivity contribution is 7.09. The molecule has 1 fully saturated rings. The normalized spacial score (nSPS) is 17.1. The Labute approximate surface area is 112 Å². The third kappa shape index (κ3) is 3.09. The first kappa shape index (κ1) is 13.5. The number of rotatable bonds is 4. The Morgan fingerprint density at radius 1 is 1.56 bits per heavy atom. The second kappa shape index (κ2) is 6.29. The highest BCUT2D eigenvalue weighted by Gasteiger charge is 2.24. The zero-order valence-corrected chi connectivity index (χ0v) is 11.7. The van der Waals surface area contributed by atoms with Gasteiger partial charge in [0.25, 0.3) is 5.91 Å². The Bertz CT molecular complexity index is 397. The molecule has 1 aliphatic rings. The molecule has 0 spiro atoms. The Hall–Kier alpha value is -0.940. The van der Waals surface area contributed by atoms with E-state index in [1.54, 1.807) is 0 Å². The molecule has 0 radical (unpaired) electrons. The van der Waals surface area contributed by atoms with Crippen LogP contribution in [0.1, 0.15) is 41.7 Å². The predicted octanol–water partition coefficient (Wildman–Crippen LogP) is 1.91. The number of carbonyl (C=O) groups excluding carboxylic acids is 1. The second-order valence-electron chi connectivity index (χ2n) is 4.81. The van der Waals surface area contributed by atoms with E-state index in [-0.39, 0.29) is 5.91 Å². The molecule has 4 nitrogen and oxygen atoms in total. The van der Waals surface area contributed by atoms with Gasteiger partial charge in [0.15, 0.2) is 0 Å². The molecule has 2 rings (SSSR count). The number of nitrogens with zero attached hydrogens (tertiary/aromatic N) is 2. The SMILES string of the molecule is CCC1CCN(C(=O)c2csc(CCN)n2)CC1. The summed E-state index contributed by atoms with van der Waals surface area (Å²) in [6.07, 6.45) is 4.24. The molecular formula is C13H21N3OS. The Morgan fingerprint density at radius 2 is 2.28 bits per heavy atom. The minimum atomic E-state index is 0.0871. The van der Waals surface area contributed by atoms with Crippen molar-refractivity contribution in [2.75, 3.05) is 19.6 Å². The molecule has 1 aromatic heterocycles. The molecule has 0 aromatic carbocycles. The molecule has 1 aliphatic heterocycles. The maximum absolute atomic E-state index is 12.3. The van der Waals surface area contributed by atoms with E-state index in [1.807, 2.05) is 10.3 Å². The monoisotopic (exact) mass is 267 g/mol. The van der Waals surface area contributed by atoms with Crippen LogP contribution in [0, 0.1) is 5.92 Å². The van der Waals surface area contributed by atoms with E-state index in [1.165, 1.54) is 17.8 Å². The summed E-state index contributed by atoms with van der Waals surface area (Å²) in [5, 5.41) is 2.82. The topological polar surface area (TPSA) is 59.2 Å². The Morgan fingerprint density at radius 3 is 2.89 bits per heavy atom. The van der Waals surface area contributed by atoms with Crippen LogP contribution in [0.3, 0.4) is 0 Å². The standard InChI is InChI=1S/C13H21N3OS/c1-2-10-4-7-16(8-5-10)13(17)11-9-18-12(15-11)3-6-14/h9-10H,2-8,14H2,1H3. The molecule has 1 amide bonds. The van der Waals surface area contributed by atoms with Crippen molar-refractivity contribution in [2.24, 2.45) is 11.7 Å². The summed E-state index contributed by atoms with van der Waals surface area (Å²) in [6, 6.07) is 0. The number of likely N-dealkylation sites (tertiary alicyclic amines) is 1. The van der Waals surface area contributed by atoms with Gasteiger partial charge in [-0.15, -0.1) is 11.3 Å². The van der Waals surface area contributed by atoms with Crippen LogP contribution in [-0.4, -0.2) is 35.4 Å². The van der Waals surface area contributed by atoms with Gasteiger partial charge < -0.3 is 10.6 Å². The number of thiazole rings is 1. The van der Waals surface area contributed by atoms with Gasteiger partial charge in [0.2, 0.25) is 0 Å². The van der Waals surface area contributed by atoms with Gasteiger partial charge in [-0.25, -0.2) is 4.98 Å². The van der Waals surface area contributed by atoms with E-state index >= 15 is 0 Å². The summed E-state index contributed by atoms with van der Waals surface area (Å²) >= 11 is 1.53. The second-order valence-corrected chi connectivity index (χ2v) is 5.75. The van der Waals surface area contributed by atoms with Crippen molar-refractivity contribution >= 4 is 17.2 Å². The molecule has 100 valence electrons. The average Bonchev–Trinajstić information content (AvgIpc) is 2.87. The molecule has 0 atom stereocenters. The van der Waals surface area contributed by atoms with E-state index in [0.717, 1.165) is 43.3 Å².